The van der Waals surface area contributed by atoms with Crippen LogP contribution in [-0.4, -0.2) is 61.2 Å². The third-order valence-electron chi connectivity index (χ3n) is 8.30. The number of aryl methyl sites for hydroxylation is 1. The fourth-order valence-corrected chi connectivity index (χ4v) is 7.36. The maximum Gasteiger partial charge on any atom is 0.219 e. The number of aromatic nitrogens is 3. The molecule has 0 aliphatic carbocycles. The van der Waals surface area contributed by atoms with Gasteiger partial charge in [0.15, 0.2) is 0 Å². The molecule has 2 aromatic heterocycles. The number of ketones is 1. The molecule has 5 rings (SSSR count). The zero-order valence-corrected chi connectivity index (χ0v) is 21.5. The Morgan fingerprint density at radius 2 is 1.97 bits per heavy atom. The molecule has 184 valence electrons. The number of carbonyl (C=O) groups is 2. The Labute approximate surface area is 206 Å². The summed E-state index contributed by atoms with van der Waals surface area (Å²) in [7, 11) is 0. The summed E-state index contributed by atoms with van der Waals surface area (Å²) in [6.07, 6.45) is 9.89. The van der Waals surface area contributed by atoms with Crippen LogP contribution in [0.4, 0.5) is 0 Å². The average molecular weight is 484 g/mol. The second-order valence-corrected chi connectivity index (χ2v) is 11.2. The van der Waals surface area contributed by atoms with Crippen LogP contribution >= 0.6 is 11.3 Å². The summed E-state index contributed by atoms with van der Waals surface area (Å²) < 4.78 is 2.52. The maximum atomic E-state index is 12.2. The molecule has 3 atom stereocenters. The lowest BCUT2D eigenvalue weighted by atomic mass is 9.93. The Bertz CT molecular complexity index is 1020. The van der Waals surface area contributed by atoms with E-state index in [4.69, 9.17) is 4.98 Å². The van der Waals surface area contributed by atoms with Crippen molar-refractivity contribution in [1.29, 1.82) is 0 Å². The fraction of sp³-hybridized carbons (Fsp3) is 0.692. The van der Waals surface area contributed by atoms with E-state index < -0.39 is 0 Å². The molecule has 8 heteroatoms. The minimum Gasteiger partial charge on any atom is -0.337 e. The highest BCUT2D eigenvalue weighted by molar-refractivity contribution is 7.09. The maximum absolute atomic E-state index is 12.2. The third-order valence-corrected chi connectivity index (χ3v) is 9.24. The predicted octanol–water partition coefficient (Wildman–Crippen LogP) is 4.26. The molecule has 0 N–H and O–H groups in total. The first-order valence-corrected chi connectivity index (χ1v) is 13.8. The third kappa shape index (κ3) is 4.59. The Morgan fingerprint density at radius 1 is 1.21 bits per heavy atom. The summed E-state index contributed by atoms with van der Waals surface area (Å²) in [5.74, 6) is 1.83. The Kier molecular flexibility index (Phi) is 6.89. The normalized spacial score (nSPS) is 25.4. The van der Waals surface area contributed by atoms with Gasteiger partial charge < -0.3 is 9.47 Å². The zero-order chi connectivity index (χ0) is 23.8. The molecule has 3 aliphatic rings. The topological polar surface area (TPSA) is 71.3 Å². The summed E-state index contributed by atoms with van der Waals surface area (Å²) in [5, 5.41) is 3.14. The van der Waals surface area contributed by atoms with Crippen molar-refractivity contribution in [2.24, 2.45) is 0 Å². The smallest absolute Gasteiger partial charge is 0.219 e. The van der Waals surface area contributed by atoms with Crippen molar-refractivity contribution in [3.05, 3.63) is 33.8 Å². The number of amides is 1. The highest BCUT2D eigenvalue weighted by Crippen LogP contribution is 2.43. The fourth-order valence-electron chi connectivity index (χ4n) is 6.59. The highest BCUT2D eigenvalue weighted by Gasteiger charge is 2.42. The molecule has 2 saturated heterocycles. The summed E-state index contributed by atoms with van der Waals surface area (Å²) >= 11 is 1.69. The van der Waals surface area contributed by atoms with E-state index in [2.05, 4.69) is 21.4 Å². The summed E-state index contributed by atoms with van der Waals surface area (Å²) in [6.45, 7) is 8.25. The van der Waals surface area contributed by atoms with E-state index >= 15 is 0 Å². The van der Waals surface area contributed by atoms with Crippen LogP contribution in [0.3, 0.4) is 0 Å². The molecular weight excluding hydrogens is 446 g/mol. The minimum atomic E-state index is 0.140. The van der Waals surface area contributed by atoms with Crippen LogP contribution in [-0.2, 0) is 22.6 Å². The van der Waals surface area contributed by atoms with Gasteiger partial charge in [0.1, 0.15) is 11.6 Å². The van der Waals surface area contributed by atoms with Gasteiger partial charge in [0.2, 0.25) is 5.91 Å². The van der Waals surface area contributed by atoms with Gasteiger partial charge in [-0.05, 0) is 45.6 Å². The van der Waals surface area contributed by atoms with Crippen molar-refractivity contribution in [3.63, 3.8) is 0 Å². The zero-order valence-electron chi connectivity index (χ0n) is 20.7. The standard InChI is InChI=1S/C26H37N5O2S/c1-4-23(33)13-19(26-27-9-12-34-26)7-11-30-20-5-6-21(30)15-22(14-20)31-17(2)28-24-16-29(18(3)32)10-8-25(24)31/h9,12,19-22H,4-8,10-11,13-16H2,1-3H3/t19-,20?,21?,22?/m1/s1. The van der Waals surface area contributed by atoms with E-state index in [-0.39, 0.29) is 11.8 Å². The lowest BCUT2D eigenvalue weighted by molar-refractivity contribution is -0.129. The van der Waals surface area contributed by atoms with E-state index in [1.54, 1.807) is 18.3 Å². The number of thiazole rings is 1. The summed E-state index contributed by atoms with van der Waals surface area (Å²) in [5.41, 5.74) is 2.45. The number of hydrogen-bond donors (Lipinski definition) is 0. The lowest BCUT2D eigenvalue weighted by Crippen LogP contribution is -2.44. The van der Waals surface area contributed by atoms with Crippen molar-refractivity contribution in [2.45, 2.75) is 103 Å². The van der Waals surface area contributed by atoms with Crippen LogP contribution in [0.2, 0.25) is 0 Å². The molecule has 1 amide bonds. The SMILES string of the molecule is CCC(=O)C[C@@H](CCN1C2CCC1CC(n1c(C)nc3c1CCN(C(C)=O)C3)C2)c1nccs1. The Hall–Kier alpha value is -2.06. The van der Waals surface area contributed by atoms with Gasteiger partial charge in [-0.2, -0.15) is 0 Å². The average Bonchev–Trinajstić information content (AvgIpc) is 3.52. The molecular formula is C26H37N5O2S. The summed E-state index contributed by atoms with van der Waals surface area (Å²) in [4.78, 5) is 38.2. The van der Waals surface area contributed by atoms with Crippen LogP contribution < -0.4 is 0 Å². The molecule has 2 unspecified atom stereocenters. The van der Waals surface area contributed by atoms with Gasteiger partial charge in [-0.15, -0.1) is 11.3 Å². The molecule has 0 aromatic carbocycles. The van der Waals surface area contributed by atoms with Crippen molar-refractivity contribution in [1.82, 2.24) is 24.3 Å². The molecule has 7 nitrogen and oxygen atoms in total. The van der Waals surface area contributed by atoms with E-state index in [0.29, 0.717) is 43.3 Å². The second kappa shape index (κ2) is 9.90. The number of piperidine rings is 1. The second-order valence-electron chi connectivity index (χ2n) is 10.3. The summed E-state index contributed by atoms with van der Waals surface area (Å²) in [6, 6.07) is 1.72. The van der Waals surface area contributed by atoms with Crippen molar-refractivity contribution < 1.29 is 9.59 Å². The molecule has 2 aromatic rings. The van der Waals surface area contributed by atoms with Gasteiger partial charge in [-0.25, -0.2) is 9.97 Å². The molecule has 0 radical (unpaired) electrons. The number of rotatable bonds is 8. The minimum absolute atomic E-state index is 0.140. The van der Waals surface area contributed by atoms with Crippen LogP contribution in [0.15, 0.2) is 11.6 Å². The van der Waals surface area contributed by atoms with Crippen LogP contribution in [0, 0.1) is 6.92 Å². The van der Waals surface area contributed by atoms with E-state index in [0.717, 1.165) is 42.5 Å². The van der Waals surface area contributed by atoms with Gasteiger partial charge in [0.05, 0.1) is 17.2 Å². The van der Waals surface area contributed by atoms with Gasteiger partial charge in [-0.3, -0.25) is 14.5 Å². The van der Waals surface area contributed by atoms with E-state index in [1.807, 2.05) is 23.4 Å². The monoisotopic (exact) mass is 483 g/mol. The number of nitrogens with zero attached hydrogens (tertiary/aromatic N) is 5. The molecule has 2 bridgehead atoms. The molecule has 0 saturated carbocycles. The van der Waals surface area contributed by atoms with Gasteiger partial charge in [-0.1, -0.05) is 6.92 Å². The van der Waals surface area contributed by atoms with Crippen LogP contribution in [0.25, 0.3) is 0 Å². The van der Waals surface area contributed by atoms with E-state index in [9.17, 15) is 9.59 Å². The number of carbonyl (C=O) groups excluding carboxylic acids is 2. The van der Waals surface area contributed by atoms with Crippen LogP contribution in [0.1, 0.15) is 93.0 Å². The van der Waals surface area contributed by atoms with Crippen LogP contribution in [0.5, 0.6) is 0 Å². The van der Waals surface area contributed by atoms with Gasteiger partial charge in [0, 0.05) is 74.0 Å². The lowest BCUT2D eigenvalue weighted by Gasteiger charge is -2.41. The molecule has 5 heterocycles. The molecule has 34 heavy (non-hydrogen) atoms. The van der Waals surface area contributed by atoms with E-state index in [1.165, 1.54) is 31.4 Å². The molecule has 2 fully saturated rings. The van der Waals surface area contributed by atoms with Crippen molar-refractivity contribution in [2.75, 3.05) is 13.1 Å². The molecule has 0 spiro atoms. The number of Topliss-reactive ketones (excluding diaryl/α,β-unsaturated/α-hetero) is 1. The molecule has 3 aliphatic heterocycles. The number of fused-ring (bicyclic) bond motifs is 3. The highest BCUT2D eigenvalue weighted by atomic mass is 32.1. The first kappa shape index (κ1) is 23.7. The van der Waals surface area contributed by atoms with Gasteiger partial charge in [0.25, 0.3) is 0 Å². The van der Waals surface area contributed by atoms with Gasteiger partial charge >= 0.3 is 0 Å². The van der Waals surface area contributed by atoms with Crippen molar-refractivity contribution in [3.8, 4) is 0 Å². The number of imidazole rings is 1. The first-order chi connectivity index (χ1) is 16.4. The largest absolute Gasteiger partial charge is 0.337 e. The van der Waals surface area contributed by atoms with Crippen molar-refractivity contribution >= 4 is 23.0 Å². The predicted molar refractivity (Wildman–Crippen MR) is 133 cm³/mol. The Balaban J connectivity index is 1.26. The quantitative estimate of drug-likeness (QED) is 0.561. The Morgan fingerprint density at radius 3 is 2.62 bits per heavy atom. The first-order valence-electron chi connectivity index (χ1n) is 12.9. The number of hydrogen-bond acceptors (Lipinski definition) is 6.